The molecule has 2 bridgehead atoms. The topological polar surface area (TPSA) is 150 Å². The summed E-state index contributed by atoms with van der Waals surface area (Å²) in [6.07, 6.45) is 18.2. The maximum Gasteiger partial charge on any atom is 0.343 e. The van der Waals surface area contributed by atoms with Gasteiger partial charge in [0.25, 0.3) is 0 Å². The zero-order valence-corrected chi connectivity index (χ0v) is 35.8. The van der Waals surface area contributed by atoms with Crippen LogP contribution in [0.3, 0.4) is 0 Å². The van der Waals surface area contributed by atoms with Crippen LogP contribution in [0, 0.1) is 35.0 Å². The molecule has 0 aromatic carbocycles. The van der Waals surface area contributed by atoms with E-state index in [4.69, 9.17) is 14.2 Å². The molecule has 328 valence electrons. The monoisotopic (exact) mass is 820 g/mol. The maximum atomic E-state index is 13.5. The van der Waals surface area contributed by atoms with Gasteiger partial charge in [-0.3, -0.25) is 14.4 Å². The fraction of sp³-hybridized carbons (Fsp3) is 0.733. The lowest BCUT2D eigenvalue weighted by Gasteiger charge is -2.49. The van der Waals surface area contributed by atoms with Crippen molar-refractivity contribution in [1.29, 1.82) is 0 Å². The molecule has 11 nitrogen and oxygen atoms in total. The number of hydrogen-bond donors (Lipinski definition) is 5. The number of β-amino-alcohol motifs (C(OH)–C–C–N with tert-alkyl or cyclic N) is 1. The number of nitrogens with zero attached hydrogens (tertiary/aromatic N) is 1. The van der Waals surface area contributed by atoms with Gasteiger partial charge in [-0.25, -0.2) is 9.18 Å². The summed E-state index contributed by atoms with van der Waals surface area (Å²) < 4.78 is 28.3. The molecule has 0 radical (unpaired) electrons. The molecule has 1 saturated carbocycles. The molecule has 7 aliphatic rings. The van der Waals surface area contributed by atoms with Crippen molar-refractivity contribution in [2.45, 2.75) is 135 Å². The van der Waals surface area contributed by atoms with E-state index in [2.05, 4.69) is 39.8 Å². The molecule has 3 aliphatic carbocycles. The first-order valence-electron chi connectivity index (χ1n) is 21.6. The van der Waals surface area contributed by atoms with Crippen molar-refractivity contribution >= 4 is 11.9 Å². The number of ether oxygens (including phenoxy) is 3. The van der Waals surface area contributed by atoms with Crippen LogP contribution in [0.25, 0.3) is 0 Å². The second kappa shape index (κ2) is 20.9. The zero-order valence-electron chi connectivity index (χ0n) is 35.8. The fourth-order valence-corrected chi connectivity index (χ4v) is 11.3. The molecule has 3 saturated heterocycles. The van der Waals surface area contributed by atoms with Crippen molar-refractivity contribution in [3.05, 3.63) is 59.1 Å². The number of halogens is 2. The SMILES string of the molecule is CC.CC(C)F.COC(=O)[C@]1(O)CNC2C=C(OC)C([C@@]3(C(O)O)CC4CCCC(CC5=C3NC/C=C\C=C/C5)C4)=CC2[C@@H]2CCN3CCCC(C23)[C@H]1OC(C)=O.F. The van der Waals surface area contributed by atoms with E-state index in [9.17, 15) is 29.3 Å². The van der Waals surface area contributed by atoms with E-state index in [1.807, 2.05) is 26.0 Å². The van der Waals surface area contributed by atoms with Crippen LogP contribution in [0.4, 0.5) is 9.09 Å². The Bertz CT molecular complexity index is 1560. The van der Waals surface area contributed by atoms with Crippen LogP contribution in [0.15, 0.2) is 59.1 Å². The van der Waals surface area contributed by atoms with E-state index in [0.717, 1.165) is 69.3 Å². The highest BCUT2D eigenvalue weighted by Crippen LogP contribution is 2.56. The molecule has 58 heavy (non-hydrogen) atoms. The molecule has 13 heteroatoms. The van der Waals surface area contributed by atoms with Crippen LogP contribution in [-0.4, -0.2) is 109 Å². The third-order valence-corrected chi connectivity index (χ3v) is 13.3. The standard InChI is InChI=1S/C40H57N3O8.C3H7F.C2H6.FH/c1-24(44)51-36-29-13-9-16-43-17-14-28(34(29)43)30-20-31(33(49-2)21-32(30)42-23-40(36,48)38(47)50-3)39(37(45)46)22-26-11-8-10-25(18-26)19-27-12-6-4-5-7-15-41-35(27)39;1-3(2)4;1-2;/h4-7,20-21,25-26,28-30,32,34,36-37,41-42,45-46,48H,8-19,22-23H2,1-3H3;3H,1-2H3;1-2H3;1H/b6-4-,7-5-,35-27?;;;/t25?,26?,28-,29?,30?,32?,34?,36+,39-,40-;;;/m0.../s1. The van der Waals surface area contributed by atoms with Crippen LogP contribution >= 0.6 is 0 Å². The number of fused-ring (bicyclic) bond motifs is 4. The minimum atomic E-state index is -2.12. The molecule has 7 rings (SSSR count). The number of allylic oxidation sites excluding steroid dienone is 5. The summed E-state index contributed by atoms with van der Waals surface area (Å²) in [4.78, 5) is 28.5. The number of carbonyl (C=O) groups is 2. The lowest BCUT2D eigenvalue weighted by atomic mass is 9.60. The summed E-state index contributed by atoms with van der Waals surface area (Å²) in [7, 11) is 2.87. The van der Waals surface area contributed by atoms with Gasteiger partial charge in [0.2, 0.25) is 5.60 Å². The summed E-state index contributed by atoms with van der Waals surface area (Å²) in [6, 6.07) is -0.446. The molecule has 0 aromatic heterocycles. The maximum absolute atomic E-state index is 13.5. The third-order valence-electron chi connectivity index (χ3n) is 13.3. The fourth-order valence-electron chi connectivity index (χ4n) is 11.3. The van der Waals surface area contributed by atoms with Gasteiger partial charge in [0.15, 0.2) is 6.29 Å². The number of piperidine rings is 1. The summed E-state index contributed by atoms with van der Waals surface area (Å²) in [5, 5.41) is 43.2. The predicted molar refractivity (Wildman–Crippen MR) is 221 cm³/mol. The normalized spacial score (nSPS) is 36.8. The molecule has 4 aliphatic heterocycles. The number of nitrogens with one attached hydrogen (secondary N) is 2. The van der Waals surface area contributed by atoms with Crippen molar-refractivity contribution in [3.63, 3.8) is 0 Å². The Labute approximate surface area is 344 Å². The first-order chi connectivity index (χ1) is 27.3. The van der Waals surface area contributed by atoms with Crippen molar-refractivity contribution in [2.75, 3.05) is 40.4 Å². The van der Waals surface area contributed by atoms with Crippen molar-refractivity contribution < 1.29 is 48.2 Å². The smallest absolute Gasteiger partial charge is 0.343 e. The predicted octanol–water partition coefficient (Wildman–Crippen LogP) is 5.78. The molecular formula is C45H71F2N3O8. The minimum Gasteiger partial charge on any atom is -0.497 e. The van der Waals surface area contributed by atoms with Gasteiger partial charge in [0.05, 0.1) is 25.8 Å². The quantitative estimate of drug-likeness (QED) is 0.170. The van der Waals surface area contributed by atoms with Gasteiger partial charge in [0, 0.05) is 55.2 Å². The number of aliphatic hydroxyl groups excluding tert-OH is 1. The lowest BCUT2D eigenvalue weighted by Crippen LogP contribution is -2.63. The van der Waals surface area contributed by atoms with Crippen LogP contribution in [0.1, 0.15) is 98.8 Å². The van der Waals surface area contributed by atoms with E-state index >= 15 is 0 Å². The molecule has 0 aromatic rings. The Hall–Kier alpha value is -3.10. The highest BCUT2D eigenvalue weighted by molar-refractivity contribution is 5.81. The Morgan fingerprint density at radius 2 is 1.69 bits per heavy atom. The van der Waals surface area contributed by atoms with Crippen LogP contribution < -0.4 is 10.6 Å². The number of carbonyl (C=O) groups excluding carboxylic acids is 2. The molecular weight excluding hydrogens is 749 g/mol. The Kier molecular flexibility index (Phi) is 17.2. The summed E-state index contributed by atoms with van der Waals surface area (Å²) >= 11 is 0. The van der Waals surface area contributed by atoms with Gasteiger partial charge in [-0.15, -0.1) is 0 Å². The molecule has 0 amide bonds. The molecule has 0 spiro atoms. The second-order valence-electron chi connectivity index (χ2n) is 17.1. The van der Waals surface area contributed by atoms with E-state index < -0.39 is 41.5 Å². The van der Waals surface area contributed by atoms with Gasteiger partial charge < -0.3 is 40.2 Å². The summed E-state index contributed by atoms with van der Waals surface area (Å²) in [5.74, 6) is -0.358. The van der Waals surface area contributed by atoms with E-state index in [0.29, 0.717) is 37.0 Å². The summed E-state index contributed by atoms with van der Waals surface area (Å²) in [6.45, 7) is 10.4. The largest absolute Gasteiger partial charge is 0.497 e. The number of alkyl halides is 1. The minimum absolute atomic E-state index is 0. The number of rotatable bonds is 5. The Balaban J connectivity index is 0.00000100. The first-order valence-corrected chi connectivity index (χ1v) is 21.6. The van der Waals surface area contributed by atoms with Gasteiger partial charge in [-0.2, -0.15) is 0 Å². The van der Waals surface area contributed by atoms with Crippen molar-refractivity contribution in [2.24, 2.45) is 35.0 Å². The van der Waals surface area contributed by atoms with E-state index in [1.54, 1.807) is 7.11 Å². The van der Waals surface area contributed by atoms with Gasteiger partial charge in [-0.05, 0) is 101 Å². The molecule has 6 unspecified atom stereocenters. The number of esters is 2. The van der Waals surface area contributed by atoms with Gasteiger partial charge in [0.1, 0.15) is 11.9 Å². The highest BCUT2D eigenvalue weighted by Gasteiger charge is 2.60. The second-order valence-corrected chi connectivity index (χ2v) is 17.1. The van der Waals surface area contributed by atoms with E-state index in [-0.39, 0.29) is 41.1 Å². The third kappa shape index (κ3) is 9.75. The Morgan fingerprint density at radius 3 is 2.36 bits per heavy atom. The van der Waals surface area contributed by atoms with E-state index in [1.165, 1.54) is 39.9 Å². The average Bonchev–Trinajstić information content (AvgIpc) is 3.67. The molecule has 4 heterocycles. The molecule has 10 atom stereocenters. The molecule has 5 N–H and O–H groups in total. The van der Waals surface area contributed by atoms with Gasteiger partial charge >= 0.3 is 11.9 Å². The zero-order chi connectivity index (χ0) is 41.5. The first kappa shape index (κ1) is 47.6. The van der Waals surface area contributed by atoms with Crippen LogP contribution in [0.2, 0.25) is 0 Å². The summed E-state index contributed by atoms with van der Waals surface area (Å²) in [5.41, 5.74) is -0.400. The van der Waals surface area contributed by atoms with Crippen molar-refractivity contribution in [1.82, 2.24) is 15.5 Å². The number of methoxy groups -OCH3 is 2. The van der Waals surface area contributed by atoms with Crippen molar-refractivity contribution in [3.8, 4) is 0 Å². The van der Waals surface area contributed by atoms with Crippen LogP contribution in [-0.2, 0) is 23.8 Å². The molecule has 4 fully saturated rings. The van der Waals surface area contributed by atoms with Crippen LogP contribution in [0.5, 0.6) is 0 Å². The average molecular weight is 820 g/mol. The highest BCUT2D eigenvalue weighted by atomic mass is 19.1. The number of hydrogen-bond acceptors (Lipinski definition) is 11. The lowest BCUT2D eigenvalue weighted by molar-refractivity contribution is -0.195. The Morgan fingerprint density at radius 1 is 0.983 bits per heavy atom. The van der Waals surface area contributed by atoms with Gasteiger partial charge in [-0.1, -0.05) is 63.5 Å². The number of aliphatic hydroxyl groups is 3.